The van der Waals surface area contributed by atoms with Gasteiger partial charge in [0.1, 0.15) is 0 Å². The number of amides is 1. The largest absolute Gasteiger partial charge is 0.465 e. The first-order valence-corrected chi connectivity index (χ1v) is 7.64. The standard InChI is InChI=1S/C14H19NO3S/c1-19-13-6-4-11(5-7-13)10-18-12-3-2-8-15(9-12)14(16)17/h4-7,12H,2-3,8-10H2,1H3,(H,16,17). The fraction of sp³-hybridized carbons (Fsp3) is 0.500. The molecule has 2 rings (SSSR count). The van der Waals surface area contributed by atoms with Gasteiger partial charge in [-0.3, -0.25) is 0 Å². The molecule has 0 aliphatic carbocycles. The monoisotopic (exact) mass is 281 g/mol. The minimum absolute atomic E-state index is 0.0186. The van der Waals surface area contributed by atoms with Gasteiger partial charge in [0.25, 0.3) is 0 Å². The number of thioether (sulfide) groups is 1. The molecule has 1 aliphatic heterocycles. The van der Waals surface area contributed by atoms with E-state index in [1.165, 1.54) is 9.80 Å². The van der Waals surface area contributed by atoms with Crippen LogP contribution in [0.5, 0.6) is 0 Å². The Hall–Kier alpha value is -1.20. The van der Waals surface area contributed by atoms with Crippen LogP contribution >= 0.6 is 11.8 Å². The second-order valence-corrected chi connectivity index (χ2v) is 5.53. The minimum atomic E-state index is -0.849. The first-order chi connectivity index (χ1) is 9.19. The molecular weight excluding hydrogens is 262 g/mol. The third-order valence-corrected chi connectivity index (χ3v) is 4.04. The fourth-order valence-corrected chi connectivity index (χ4v) is 2.59. The molecule has 0 bridgehead atoms. The van der Waals surface area contributed by atoms with Crippen molar-refractivity contribution in [3.63, 3.8) is 0 Å². The van der Waals surface area contributed by atoms with E-state index in [0.29, 0.717) is 19.7 Å². The highest BCUT2D eigenvalue weighted by Crippen LogP contribution is 2.18. The molecule has 1 heterocycles. The lowest BCUT2D eigenvalue weighted by atomic mass is 10.1. The van der Waals surface area contributed by atoms with Crippen molar-refractivity contribution in [1.29, 1.82) is 0 Å². The summed E-state index contributed by atoms with van der Waals surface area (Å²) in [5, 5.41) is 8.97. The van der Waals surface area contributed by atoms with Gasteiger partial charge in [-0.05, 0) is 36.8 Å². The van der Waals surface area contributed by atoms with E-state index < -0.39 is 6.09 Å². The van der Waals surface area contributed by atoms with Gasteiger partial charge >= 0.3 is 6.09 Å². The average Bonchev–Trinajstić information content (AvgIpc) is 2.46. The molecule has 1 unspecified atom stereocenters. The van der Waals surface area contributed by atoms with Crippen molar-refractivity contribution in [2.45, 2.75) is 30.4 Å². The third kappa shape index (κ3) is 4.14. The molecule has 4 nitrogen and oxygen atoms in total. The fourth-order valence-electron chi connectivity index (χ4n) is 2.18. The lowest BCUT2D eigenvalue weighted by Crippen LogP contribution is -2.42. The van der Waals surface area contributed by atoms with E-state index in [1.807, 2.05) is 6.26 Å². The highest BCUT2D eigenvalue weighted by molar-refractivity contribution is 7.98. The molecule has 19 heavy (non-hydrogen) atoms. The zero-order valence-corrected chi connectivity index (χ0v) is 11.9. The Morgan fingerprint density at radius 2 is 2.21 bits per heavy atom. The molecule has 1 N–H and O–H groups in total. The van der Waals surface area contributed by atoms with Gasteiger partial charge in [-0.1, -0.05) is 12.1 Å². The summed E-state index contributed by atoms with van der Waals surface area (Å²) in [7, 11) is 0. The van der Waals surface area contributed by atoms with Crippen molar-refractivity contribution in [3.8, 4) is 0 Å². The average molecular weight is 281 g/mol. The Bertz CT molecular complexity index is 421. The van der Waals surface area contributed by atoms with Crippen LogP contribution in [0.2, 0.25) is 0 Å². The van der Waals surface area contributed by atoms with Crippen molar-refractivity contribution >= 4 is 17.9 Å². The van der Waals surface area contributed by atoms with E-state index >= 15 is 0 Å². The first kappa shape index (κ1) is 14.2. The highest BCUT2D eigenvalue weighted by atomic mass is 32.2. The van der Waals surface area contributed by atoms with Gasteiger partial charge in [-0.25, -0.2) is 4.79 Å². The van der Waals surface area contributed by atoms with Crippen molar-refractivity contribution in [2.75, 3.05) is 19.3 Å². The minimum Gasteiger partial charge on any atom is -0.465 e. The second kappa shape index (κ2) is 6.82. The lowest BCUT2D eigenvalue weighted by molar-refractivity contribution is -0.00611. The Morgan fingerprint density at radius 3 is 2.84 bits per heavy atom. The summed E-state index contributed by atoms with van der Waals surface area (Å²) >= 11 is 1.71. The summed E-state index contributed by atoms with van der Waals surface area (Å²) in [6.07, 6.45) is 3.03. The molecule has 0 aromatic heterocycles. The van der Waals surface area contributed by atoms with E-state index in [9.17, 15) is 4.79 Å². The van der Waals surface area contributed by atoms with Crippen molar-refractivity contribution in [2.24, 2.45) is 0 Å². The third-order valence-electron chi connectivity index (χ3n) is 3.29. The molecule has 104 valence electrons. The van der Waals surface area contributed by atoms with Crippen LogP contribution in [0, 0.1) is 0 Å². The highest BCUT2D eigenvalue weighted by Gasteiger charge is 2.23. The number of piperidine rings is 1. The van der Waals surface area contributed by atoms with E-state index in [0.717, 1.165) is 18.4 Å². The van der Waals surface area contributed by atoms with Crippen LogP contribution in [0.25, 0.3) is 0 Å². The van der Waals surface area contributed by atoms with Gasteiger partial charge in [-0.15, -0.1) is 11.8 Å². The van der Waals surface area contributed by atoms with E-state index in [2.05, 4.69) is 24.3 Å². The predicted molar refractivity (Wildman–Crippen MR) is 75.6 cm³/mol. The zero-order valence-electron chi connectivity index (χ0n) is 11.0. The van der Waals surface area contributed by atoms with Gasteiger partial charge in [0.15, 0.2) is 0 Å². The Kier molecular flexibility index (Phi) is 5.10. The Labute approximate surface area is 117 Å². The van der Waals surface area contributed by atoms with Crippen molar-refractivity contribution in [1.82, 2.24) is 4.90 Å². The lowest BCUT2D eigenvalue weighted by Gasteiger charge is -2.30. The zero-order chi connectivity index (χ0) is 13.7. The van der Waals surface area contributed by atoms with Crippen LogP contribution in [0.1, 0.15) is 18.4 Å². The van der Waals surface area contributed by atoms with Gasteiger partial charge < -0.3 is 14.7 Å². The molecule has 1 aromatic carbocycles. The number of rotatable bonds is 4. The summed E-state index contributed by atoms with van der Waals surface area (Å²) in [5.41, 5.74) is 1.13. The van der Waals surface area contributed by atoms with E-state index in [-0.39, 0.29) is 6.10 Å². The number of hydrogen-bond donors (Lipinski definition) is 1. The summed E-state index contributed by atoms with van der Waals surface area (Å²) in [6, 6.07) is 8.27. The molecule has 1 amide bonds. The molecule has 1 fully saturated rings. The molecular formula is C14H19NO3S. The number of hydrogen-bond acceptors (Lipinski definition) is 3. The number of benzene rings is 1. The smallest absolute Gasteiger partial charge is 0.407 e. The molecule has 0 radical (unpaired) electrons. The van der Waals surface area contributed by atoms with Gasteiger partial charge in [-0.2, -0.15) is 0 Å². The summed E-state index contributed by atoms with van der Waals surface area (Å²) in [4.78, 5) is 13.6. The van der Waals surface area contributed by atoms with E-state index in [1.54, 1.807) is 11.8 Å². The maximum absolute atomic E-state index is 10.9. The van der Waals surface area contributed by atoms with Crippen molar-refractivity contribution < 1.29 is 14.6 Å². The molecule has 1 saturated heterocycles. The maximum Gasteiger partial charge on any atom is 0.407 e. The van der Waals surface area contributed by atoms with Gasteiger partial charge in [0, 0.05) is 11.4 Å². The molecule has 0 spiro atoms. The number of likely N-dealkylation sites (tertiary alicyclic amines) is 1. The number of nitrogens with zero attached hydrogens (tertiary/aromatic N) is 1. The SMILES string of the molecule is CSc1ccc(COC2CCCN(C(=O)O)C2)cc1. The van der Waals surface area contributed by atoms with Crippen LogP contribution in [-0.4, -0.2) is 41.5 Å². The number of carboxylic acid groups (broad SMARTS) is 1. The van der Waals surface area contributed by atoms with Crippen LogP contribution in [0.4, 0.5) is 4.79 Å². The number of carbonyl (C=O) groups is 1. The Morgan fingerprint density at radius 1 is 1.47 bits per heavy atom. The summed E-state index contributed by atoms with van der Waals surface area (Å²) in [6.45, 7) is 1.66. The summed E-state index contributed by atoms with van der Waals surface area (Å²) < 4.78 is 5.81. The molecule has 0 saturated carbocycles. The molecule has 1 aromatic rings. The van der Waals surface area contributed by atoms with Gasteiger partial charge in [0.2, 0.25) is 0 Å². The van der Waals surface area contributed by atoms with E-state index in [4.69, 9.17) is 9.84 Å². The predicted octanol–water partition coefficient (Wildman–Crippen LogP) is 3.07. The van der Waals surface area contributed by atoms with Crippen LogP contribution in [-0.2, 0) is 11.3 Å². The maximum atomic E-state index is 10.9. The molecule has 1 atom stereocenters. The second-order valence-electron chi connectivity index (χ2n) is 4.65. The molecule has 5 heteroatoms. The topological polar surface area (TPSA) is 49.8 Å². The van der Waals surface area contributed by atoms with Crippen LogP contribution in [0.15, 0.2) is 29.2 Å². The van der Waals surface area contributed by atoms with Crippen LogP contribution in [0.3, 0.4) is 0 Å². The quantitative estimate of drug-likeness (QED) is 0.862. The van der Waals surface area contributed by atoms with Crippen molar-refractivity contribution in [3.05, 3.63) is 29.8 Å². The summed E-state index contributed by atoms with van der Waals surface area (Å²) in [5.74, 6) is 0. The first-order valence-electron chi connectivity index (χ1n) is 6.41. The Balaban J connectivity index is 1.82. The van der Waals surface area contributed by atoms with Crippen LogP contribution < -0.4 is 0 Å². The molecule has 1 aliphatic rings. The number of ether oxygens (including phenoxy) is 1. The van der Waals surface area contributed by atoms with Gasteiger partial charge in [0.05, 0.1) is 19.3 Å². The normalized spacial score (nSPS) is 19.4.